The molecule has 2 heterocycles. The molecule has 0 fully saturated rings. The zero-order valence-electron chi connectivity index (χ0n) is 22.8. The highest BCUT2D eigenvalue weighted by Crippen LogP contribution is 2.40. The van der Waals surface area contributed by atoms with Crippen molar-refractivity contribution in [2.75, 3.05) is 26.2 Å². The highest BCUT2D eigenvalue weighted by atomic mass is 16.3. The Morgan fingerprint density at radius 2 is 1.73 bits per heavy atom. The van der Waals surface area contributed by atoms with Gasteiger partial charge in [-0.15, -0.1) is 0 Å². The molecule has 4 rings (SSSR count). The zero-order valence-corrected chi connectivity index (χ0v) is 22.8. The van der Waals surface area contributed by atoms with Crippen molar-refractivity contribution in [1.29, 1.82) is 0 Å². The number of fused-ring (bicyclic) bond motifs is 1. The molecule has 0 aliphatic carbocycles. The third kappa shape index (κ3) is 5.35. The second kappa shape index (κ2) is 10.5. The topological polar surface area (TPSA) is 74.0 Å². The van der Waals surface area contributed by atoms with E-state index in [-0.39, 0.29) is 16.7 Å². The molecule has 1 unspecified atom stereocenters. The predicted octanol–water partition coefficient (Wildman–Crippen LogP) is 6.35. The second-order valence-electron chi connectivity index (χ2n) is 10.9. The van der Waals surface area contributed by atoms with E-state index in [1.54, 1.807) is 11.0 Å². The Morgan fingerprint density at radius 1 is 1.05 bits per heavy atom. The number of hydrogen-bond acceptors (Lipinski definition) is 5. The van der Waals surface area contributed by atoms with E-state index < -0.39 is 23.5 Å². The molecular weight excluding hydrogens is 464 g/mol. The summed E-state index contributed by atoms with van der Waals surface area (Å²) in [6.45, 7) is 15.8. The monoisotopic (exact) mass is 502 g/mol. The summed E-state index contributed by atoms with van der Waals surface area (Å²) in [6.07, 6.45) is 0.739. The first kappa shape index (κ1) is 26.7. The van der Waals surface area contributed by atoms with E-state index in [1.165, 1.54) is 0 Å². The van der Waals surface area contributed by atoms with Crippen LogP contribution in [0.4, 0.5) is 0 Å². The third-order valence-corrected chi connectivity index (χ3v) is 7.30. The maximum atomic E-state index is 13.8. The standard InChI is InChI=1S/C31H38N2O4/c1-7-32(8-2)16-9-17-33-27(21-11-13-23(14-12-21)31(4,5)6)26(29(35)30(33)36)28(34)25-19-22-18-20(3)10-15-24(22)37-25/h10-15,18-19,27,35H,7-9,16-17H2,1-6H3. The minimum atomic E-state index is -0.680. The summed E-state index contributed by atoms with van der Waals surface area (Å²) in [5.41, 5.74) is 3.65. The molecule has 1 atom stereocenters. The Balaban J connectivity index is 1.72. The number of carbonyl (C=O) groups excluding carboxylic acids is 2. The first-order valence-corrected chi connectivity index (χ1v) is 13.2. The van der Waals surface area contributed by atoms with E-state index >= 15 is 0 Å². The van der Waals surface area contributed by atoms with Crippen LogP contribution in [0.3, 0.4) is 0 Å². The van der Waals surface area contributed by atoms with Crippen molar-refractivity contribution < 1.29 is 19.1 Å². The zero-order chi connectivity index (χ0) is 26.9. The summed E-state index contributed by atoms with van der Waals surface area (Å²) < 4.78 is 5.87. The van der Waals surface area contributed by atoms with Gasteiger partial charge in [-0.05, 0) is 67.7 Å². The van der Waals surface area contributed by atoms with Gasteiger partial charge in [-0.3, -0.25) is 9.59 Å². The molecule has 0 saturated carbocycles. The van der Waals surface area contributed by atoms with Gasteiger partial charge in [0, 0.05) is 11.9 Å². The number of amides is 1. The lowest BCUT2D eigenvalue weighted by Gasteiger charge is -2.28. The molecule has 1 aromatic heterocycles. The van der Waals surface area contributed by atoms with E-state index in [1.807, 2.05) is 49.4 Å². The maximum absolute atomic E-state index is 13.8. The first-order chi connectivity index (χ1) is 17.5. The van der Waals surface area contributed by atoms with Crippen molar-refractivity contribution in [2.45, 2.75) is 59.4 Å². The van der Waals surface area contributed by atoms with E-state index in [0.29, 0.717) is 12.1 Å². The van der Waals surface area contributed by atoms with E-state index in [9.17, 15) is 14.7 Å². The minimum absolute atomic E-state index is 0.0312. The molecule has 6 nitrogen and oxygen atoms in total. The van der Waals surface area contributed by atoms with Gasteiger partial charge in [0.15, 0.2) is 11.5 Å². The Kier molecular flexibility index (Phi) is 7.60. The van der Waals surface area contributed by atoms with Gasteiger partial charge in [-0.2, -0.15) is 0 Å². The lowest BCUT2D eigenvalue weighted by Crippen LogP contribution is -2.34. The minimum Gasteiger partial charge on any atom is -0.503 e. The van der Waals surface area contributed by atoms with Crippen LogP contribution >= 0.6 is 0 Å². The summed E-state index contributed by atoms with van der Waals surface area (Å²) in [7, 11) is 0. The van der Waals surface area contributed by atoms with Crippen LogP contribution in [0.15, 0.2) is 64.3 Å². The van der Waals surface area contributed by atoms with Gasteiger partial charge in [-0.25, -0.2) is 0 Å². The van der Waals surface area contributed by atoms with Crippen molar-refractivity contribution in [3.63, 3.8) is 0 Å². The van der Waals surface area contributed by atoms with E-state index in [0.717, 1.165) is 48.1 Å². The highest BCUT2D eigenvalue weighted by Gasteiger charge is 2.44. The van der Waals surface area contributed by atoms with Crippen LogP contribution in [-0.4, -0.2) is 52.8 Å². The normalized spacial score (nSPS) is 16.5. The molecule has 3 aromatic rings. The summed E-state index contributed by atoms with van der Waals surface area (Å²) in [5.74, 6) is -1.35. The van der Waals surface area contributed by atoms with Crippen LogP contribution in [0, 0.1) is 6.92 Å². The number of ketones is 1. The van der Waals surface area contributed by atoms with Crippen LogP contribution in [0.2, 0.25) is 0 Å². The Hall–Kier alpha value is -3.38. The van der Waals surface area contributed by atoms with Crippen molar-refractivity contribution in [3.8, 4) is 0 Å². The van der Waals surface area contributed by atoms with Crippen LogP contribution < -0.4 is 0 Å². The van der Waals surface area contributed by atoms with Gasteiger partial charge in [-0.1, -0.05) is 70.5 Å². The van der Waals surface area contributed by atoms with Crippen LogP contribution in [-0.2, 0) is 10.2 Å². The van der Waals surface area contributed by atoms with E-state index in [2.05, 4.69) is 39.5 Å². The average Bonchev–Trinajstić information content (AvgIpc) is 3.39. The summed E-state index contributed by atoms with van der Waals surface area (Å²) in [6, 6.07) is 14.7. The van der Waals surface area contributed by atoms with Crippen molar-refractivity contribution in [3.05, 3.63) is 82.3 Å². The number of nitrogens with zero attached hydrogens (tertiary/aromatic N) is 2. The van der Waals surface area contributed by atoms with Crippen molar-refractivity contribution in [2.24, 2.45) is 0 Å². The maximum Gasteiger partial charge on any atom is 0.290 e. The van der Waals surface area contributed by atoms with Gasteiger partial charge in [0.2, 0.25) is 5.78 Å². The SMILES string of the molecule is CCN(CC)CCCN1C(=O)C(O)=C(C(=O)c2cc3cc(C)ccc3o2)C1c1ccc(C(C)(C)C)cc1. The Labute approximate surface area is 219 Å². The quantitative estimate of drug-likeness (QED) is 0.345. The smallest absolute Gasteiger partial charge is 0.290 e. The molecule has 1 N–H and O–H groups in total. The van der Waals surface area contributed by atoms with Crippen LogP contribution in [0.5, 0.6) is 0 Å². The molecule has 37 heavy (non-hydrogen) atoms. The molecule has 2 aromatic carbocycles. The number of aliphatic hydroxyl groups is 1. The Morgan fingerprint density at radius 3 is 2.35 bits per heavy atom. The molecule has 6 heteroatoms. The number of Topliss-reactive ketones (excluding diaryl/α,β-unsaturated/α-hetero) is 1. The van der Waals surface area contributed by atoms with Crippen LogP contribution in [0.1, 0.15) is 74.3 Å². The fraction of sp³-hybridized carbons (Fsp3) is 0.419. The summed E-state index contributed by atoms with van der Waals surface area (Å²) in [4.78, 5) is 31.0. The summed E-state index contributed by atoms with van der Waals surface area (Å²) >= 11 is 0. The number of hydrogen-bond donors (Lipinski definition) is 1. The third-order valence-electron chi connectivity index (χ3n) is 7.30. The largest absolute Gasteiger partial charge is 0.503 e. The van der Waals surface area contributed by atoms with Gasteiger partial charge in [0.1, 0.15) is 5.58 Å². The molecule has 0 radical (unpaired) electrons. The highest BCUT2D eigenvalue weighted by molar-refractivity contribution is 6.16. The summed E-state index contributed by atoms with van der Waals surface area (Å²) in [5, 5.41) is 11.8. The first-order valence-electron chi connectivity index (χ1n) is 13.2. The second-order valence-corrected chi connectivity index (χ2v) is 10.9. The van der Waals surface area contributed by atoms with Crippen molar-refractivity contribution >= 4 is 22.7 Å². The number of furan rings is 1. The predicted molar refractivity (Wildman–Crippen MR) is 147 cm³/mol. The molecule has 0 spiro atoms. The lowest BCUT2D eigenvalue weighted by molar-refractivity contribution is -0.129. The van der Waals surface area contributed by atoms with Gasteiger partial charge in [0.05, 0.1) is 11.6 Å². The number of aliphatic hydroxyl groups excluding tert-OH is 1. The van der Waals surface area contributed by atoms with E-state index in [4.69, 9.17) is 4.42 Å². The van der Waals surface area contributed by atoms with Gasteiger partial charge in [0.25, 0.3) is 5.91 Å². The number of rotatable bonds is 9. The molecule has 1 amide bonds. The molecular formula is C31H38N2O4. The molecule has 0 saturated heterocycles. The molecule has 1 aliphatic rings. The number of aryl methyl sites for hydroxylation is 1. The number of benzene rings is 2. The lowest BCUT2D eigenvalue weighted by atomic mass is 9.85. The molecule has 0 bridgehead atoms. The van der Waals surface area contributed by atoms with Crippen molar-refractivity contribution in [1.82, 2.24) is 9.80 Å². The fourth-order valence-electron chi connectivity index (χ4n) is 5.04. The van der Waals surface area contributed by atoms with Crippen LogP contribution in [0.25, 0.3) is 11.0 Å². The van der Waals surface area contributed by atoms with Gasteiger partial charge >= 0.3 is 0 Å². The van der Waals surface area contributed by atoms with Gasteiger partial charge < -0.3 is 19.3 Å². The molecule has 196 valence electrons. The Bertz CT molecular complexity index is 1320. The average molecular weight is 503 g/mol. The number of carbonyl (C=O) groups is 2. The molecule has 1 aliphatic heterocycles. The fourth-order valence-corrected chi connectivity index (χ4v) is 5.04.